The number of rotatable bonds is 7. The molecule has 0 aliphatic carbocycles. The van der Waals surface area contributed by atoms with Crippen LogP contribution in [-0.2, 0) is 11.3 Å². The predicted molar refractivity (Wildman–Crippen MR) is 80.8 cm³/mol. The monoisotopic (exact) mass is 344 g/mol. The molecule has 0 radical (unpaired) electrons. The molecule has 1 aromatic heterocycles. The number of hydrogen-bond acceptors (Lipinski definition) is 2. The highest BCUT2D eigenvalue weighted by Crippen LogP contribution is 2.19. The maximum atomic E-state index is 12.4. The molecule has 0 saturated carbocycles. The Morgan fingerprint density at radius 2 is 1.95 bits per heavy atom. The molecule has 1 aromatic rings. The molecule has 20 heavy (non-hydrogen) atoms. The van der Waals surface area contributed by atoms with Crippen LogP contribution in [0.25, 0.3) is 0 Å². The molecular weight excluding hydrogens is 324 g/mol. The molecule has 0 aromatic carbocycles. The predicted octanol–water partition coefficient (Wildman–Crippen LogP) is 3.03. The lowest BCUT2D eigenvalue weighted by atomic mass is 9.93. The van der Waals surface area contributed by atoms with Crippen molar-refractivity contribution in [1.29, 1.82) is 0 Å². The number of nitrogens with one attached hydrogen (secondary N) is 1. The van der Waals surface area contributed by atoms with Crippen molar-refractivity contribution in [3.05, 3.63) is 22.4 Å². The highest BCUT2D eigenvalue weighted by Gasteiger charge is 2.37. The third-order valence-corrected chi connectivity index (χ3v) is 3.96. The van der Waals surface area contributed by atoms with Crippen molar-refractivity contribution in [3.8, 4) is 0 Å². The van der Waals surface area contributed by atoms with E-state index in [9.17, 15) is 14.7 Å². The third kappa shape index (κ3) is 3.42. The molecule has 6 heteroatoms. The Hall–Kier alpha value is -1.30. The Morgan fingerprint density at radius 3 is 2.40 bits per heavy atom. The molecular formula is C14H21BrN2O3. The molecule has 0 unspecified atom stereocenters. The molecule has 0 spiro atoms. The van der Waals surface area contributed by atoms with E-state index < -0.39 is 11.5 Å². The highest BCUT2D eigenvalue weighted by molar-refractivity contribution is 9.10. The summed E-state index contributed by atoms with van der Waals surface area (Å²) in [5.41, 5.74) is -0.725. The number of carboxylic acids is 1. The van der Waals surface area contributed by atoms with E-state index in [-0.39, 0.29) is 5.91 Å². The summed E-state index contributed by atoms with van der Waals surface area (Å²) in [6.07, 6.45) is 3.42. The number of carbonyl (C=O) groups is 2. The smallest absolute Gasteiger partial charge is 0.329 e. The Kier molecular flexibility index (Phi) is 5.80. The van der Waals surface area contributed by atoms with Gasteiger partial charge >= 0.3 is 5.97 Å². The lowest BCUT2D eigenvalue weighted by Gasteiger charge is -2.28. The largest absolute Gasteiger partial charge is 0.480 e. The van der Waals surface area contributed by atoms with E-state index in [1.165, 1.54) is 0 Å². The number of aromatic nitrogens is 1. The van der Waals surface area contributed by atoms with Crippen LogP contribution in [-0.4, -0.2) is 27.1 Å². The second-order valence-electron chi connectivity index (χ2n) is 4.79. The van der Waals surface area contributed by atoms with Gasteiger partial charge in [-0.25, -0.2) is 4.79 Å². The molecule has 0 fully saturated rings. The van der Waals surface area contributed by atoms with Crippen LogP contribution in [0.1, 0.15) is 50.5 Å². The number of halogens is 1. The number of hydrogen-bond donors (Lipinski definition) is 2. The number of carbonyl (C=O) groups excluding carboxylic acids is 1. The molecule has 1 amide bonds. The molecule has 112 valence electrons. The first-order valence-corrected chi connectivity index (χ1v) is 7.61. The standard InChI is InChI=1S/C14H21BrN2O3/c1-4-7-17-9-10(15)8-11(17)12(18)16-14(5-2,6-3)13(19)20/h8-9H,4-7H2,1-3H3,(H,16,18)(H,19,20). The van der Waals surface area contributed by atoms with Gasteiger partial charge in [-0.2, -0.15) is 0 Å². The van der Waals surface area contributed by atoms with E-state index in [0.29, 0.717) is 25.1 Å². The van der Waals surface area contributed by atoms with E-state index >= 15 is 0 Å². The number of aliphatic carboxylic acids is 1. The SMILES string of the molecule is CCCn1cc(Br)cc1C(=O)NC(CC)(CC)C(=O)O. The molecule has 0 saturated heterocycles. The summed E-state index contributed by atoms with van der Waals surface area (Å²) < 4.78 is 2.64. The number of aryl methyl sites for hydroxylation is 1. The van der Waals surface area contributed by atoms with Crippen LogP contribution in [0.15, 0.2) is 16.7 Å². The van der Waals surface area contributed by atoms with E-state index in [0.717, 1.165) is 10.9 Å². The fourth-order valence-corrected chi connectivity index (χ4v) is 2.62. The average molecular weight is 345 g/mol. The minimum absolute atomic E-state index is 0.347. The third-order valence-electron chi connectivity index (χ3n) is 3.53. The van der Waals surface area contributed by atoms with Crippen molar-refractivity contribution < 1.29 is 14.7 Å². The van der Waals surface area contributed by atoms with Gasteiger partial charge in [0, 0.05) is 17.2 Å². The zero-order valence-corrected chi connectivity index (χ0v) is 13.7. The summed E-state index contributed by atoms with van der Waals surface area (Å²) >= 11 is 3.35. The van der Waals surface area contributed by atoms with Gasteiger partial charge in [-0.05, 0) is 41.3 Å². The van der Waals surface area contributed by atoms with Crippen molar-refractivity contribution >= 4 is 27.8 Å². The van der Waals surface area contributed by atoms with E-state index in [2.05, 4.69) is 21.2 Å². The first kappa shape index (κ1) is 16.8. The first-order valence-electron chi connectivity index (χ1n) is 6.81. The average Bonchev–Trinajstić information content (AvgIpc) is 2.77. The normalized spacial score (nSPS) is 11.4. The van der Waals surface area contributed by atoms with Crippen LogP contribution in [0, 0.1) is 0 Å². The second-order valence-corrected chi connectivity index (χ2v) is 5.70. The summed E-state index contributed by atoms with van der Waals surface area (Å²) in [6, 6.07) is 1.71. The van der Waals surface area contributed by atoms with Gasteiger partial charge in [0.2, 0.25) is 0 Å². The molecule has 5 nitrogen and oxygen atoms in total. The van der Waals surface area contributed by atoms with E-state index in [1.54, 1.807) is 19.9 Å². The Morgan fingerprint density at radius 1 is 1.35 bits per heavy atom. The Labute approximate surface area is 127 Å². The van der Waals surface area contributed by atoms with Crippen molar-refractivity contribution in [2.75, 3.05) is 0 Å². The minimum atomic E-state index is -1.20. The fraction of sp³-hybridized carbons (Fsp3) is 0.571. The topological polar surface area (TPSA) is 71.3 Å². The van der Waals surface area contributed by atoms with E-state index in [1.807, 2.05) is 17.7 Å². The zero-order chi connectivity index (χ0) is 15.3. The maximum Gasteiger partial charge on any atom is 0.329 e. The second kappa shape index (κ2) is 6.92. The van der Waals surface area contributed by atoms with Crippen LogP contribution in [0.3, 0.4) is 0 Å². The van der Waals surface area contributed by atoms with Gasteiger partial charge in [0.15, 0.2) is 0 Å². The lowest BCUT2D eigenvalue weighted by molar-refractivity contribution is -0.144. The molecule has 0 aliphatic rings. The van der Waals surface area contributed by atoms with Gasteiger partial charge in [0.05, 0.1) is 0 Å². The number of nitrogens with zero attached hydrogens (tertiary/aromatic N) is 1. The van der Waals surface area contributed by atoms with Crippen LogP contribution >= 0.6 is 15.9 Å². The summed E-state index contributed by atoms with van der Waals surface area (Å²) in [5.74, 6) is -1.35. The fourth-order valence-electron chi connectivity index (χ4n) is 2.16. The quantitative estimate of drug-likeness (QED) is 0.798. The van der Waals surface area contributed by atoms with Gasteiger partial charge < -0.3 is 15.0 Å². The molecule has 2 N–H and O–H groups in total. The molecule has 0 atom stereocenters. The van der Waals surface area contributed by atoms with Gasteiger partial charge in [0.1, 0.15) is 11.2 Å². The van der Waals surface area contributed by atoms with Crippen molar-refractivity contribution in [3.63, 3.8) is 0 Å². The van der Waals surface area contributed by atoms with Crippen molar-refractivity contribution in [2.24, 2.45) is 0 Å². The maximum absolute atomic E-state index is 12.4. The minimum Gasteiger partial charge on any atom is -0.480 e. The summed E-state index contributed by atoms with van der Waals surface area (Å²) in [5, 5.41) is 12.0. The van der Waals surface area contributed by atoms with Crippen LogP contribution in [0.2, 0.25) is 0 Å². The summed E-state index contributed by atoms with van der Waals surface area (Å²) in [7, 11) is 0. The molecule has 0 aliphatic heterocycles. The number of amides is 1. The summed E-state index contributed by atoms with van der Waals surface area (Å²) in [4.78, 5) is 23.8. The first-order chi connectivity index (χ1) is 9.40. The van der Waals surface area contributed by atoms with E-state index in [4.69, 9.17) is 0 Å². The molecule has 1 rings (SSSR count). The molecule has 1 heterocycles. The van der Waals surface area contributed by atoms with Gasteiger partial charge in [-0.3, -0.25) is 4.79 Å². The lowest BCUT2D eigenvalue weighted by Crippen LogP contribution is -2.54. The molecule has 0 bridgehead atoms. The van der Waals surface area contributed by atoms with Gasteiger partial charge in [-0.1, -0.05) is 20.8 Å². The van der Waals surface area contributed by atoms with Crippen LogP contribution in [0.4, 0.5) is 0 Å². The Balaban J connectivity index is 3.03. The Bertz CT molecular complexity index is 493. The van der Waals surface area contributed by atoms with Crippen molar-refractivity contribution in [2.45, 2.75) is 52.1 Å². The van der Waals surface area contributed by atoms with Gasteiger partial charge in [-0.15, -0.1) is 0 Å². The van der Waals surface area contributed by atoms with Crippen LogP contribution < -0.4 is 5.32 Å². The van der Waals surface area contributed by atoms with Crippen molar-refractivity contribution in [1.82, 2.24) is 9.88 Å². The summed E-state index contributed by atoms with van der Waals surface area (Å²) in [6.45, 7) is 6.26. The highest BCUT2D eigenvalue weighted by atomic mass is 79.9. The van der Waals surface area contributed by atoms with Gasteiger partial charge in [0.25, 0.3) is 5.91 Å². The zero-order valence-electron chi connectivity index (χ0n) is 12.1. The number of carboxylic acid groups (broad SMARTS) is 1. The van der Waals surface area contributed by atoms with Crippen LogP contribution in [0.5, 0.6) is 0 Å².